The van der Waals surface area contributed by atoms with Crippen molar-refractivity contribution in [2.75, 3.05) is 13.2 Å². The SMILES string of the molecule is OC1[C@H](C[C@@H]2CCCO2)CCC[C@H]1C[C@@H]1CCCO1. The molecule has 1 saturated carbocycles. The maximum atomic E-state index is 10.6. The molecule has 3 aliphatic rings. The smallest absolute Gasteiger partial charge is 0.0598 e. The highest BCUT2D eigenvalue weighted by molar-refractivity contribution is 4.86. The monoisotopic (exact) mass is 268 g/mol. The molecule has 19 heavy (non-hydrogen) atoms. The maximum Gasteiger partial charge on any atom is 0.0598 e. The van der Waals surface area contributed by atoms with Crippen LogP contribution in [0.25, 0.3) is 0 Å². The molecule has 0 unspecified atom stereocenters. The molecule has 0 amide bonds. The molecular formula is C16H28O3. The predicted molar refractivity (Wildman–Crippen MR) is 74.0 cm³/mol. The summed E-state index contributed by atoms with van der Waals surface area (Å²) in [7, 11) is 0. The van der Waals surface area contributed by atoms with Gasteiger partial charge in [0, 0.05) is 13.2 Å². The molecule has 0 spiro atoms. The number of hydrogen-bond donors (Lipinski definition) is 1. The van der Waals surface area contributed by atoms with Gasteiger partial charge in [0.15, 0.2) is 0 Å². The molecule has 2 aliphatic heterocycles. The Labute approximate surface area is 116 Å². The molecule has 3 heteroatoms. The quantitative estimate of drug-likeness (QED) is 0.852. The van der Waals surface area contributed by atoms with Crippen LogP contribution in [0.2, 0.25) is 0 Å². The molecular weight excluding hydrogens is 240 g/mol. The Hall–Kier alpha value is -0.120. The van der Waals surface area contributed by atoms with E-state index in [0.29, 0.717) is 24.0 Å². The highest BCUT2D eigenvalue weighted by atomic mass is 16.5. The molecule has 3 nitrogen and oxygen atoms in total. The van der Waals surface area contributed by atoms with Crippen LogP contribution in [0.15, 0.2) is 0 Å². The van der Waals surface area contributed by atoms with Gasteiger partial charge in [-0.1, -0.05) is 6.42 Å². The summed E-state index contributed by atoms with van der Waals surface area (Å²) in [6.07, 6.45) is 11.3. The van der Waals surface area contributed by atoms with E-state index >= 15 is 0 Å². The summed E-state index contributed by atoms with van der Waals surface area (Å²) in [6, 6.07) is 0. The van der Waals surface area contributed by atoms with Crippen molar-refractivity contribution in [1.82, 2.24) is 0 Å². The molecule has 1 aliphatic carbocycles. The van der Waals surface area contributed by atoms with E-state index in [1.54, 1.807) is 0 Å². The lowest BCUT2D eigenvalue weighted by molar-refractivity contribution is -0.0301. The second kappa shape index (κ2) is 6.55. The first-order valence-corrected chi connectivity index (χ1v) is 8.24. The number of aliphatic hydroxyl groups is 1. The van der Waals surface area contributed by atoms with E-state index in [1.807, 2.05) is 0 Å². The standard InChI is InChI=1S/C16H28O3/c17-16-12(10-14-6-2-8-18-14)4-1-5-13(16)11-15-7-3-9-19-15/h12-17H,1-11H2/t12-,13-,14-,15-/m0/s1. The van der Waals surface area contributed by atoms with Gasteiger partial charge >= 0.3 is 0 Å². The molecule has 2 heterocycles. The van der Waals surface area contributed by atoms with Gasteiger partial charge in [-0.3, -0.25) is 0 Å². The fraction of sp³-hybridized carbons (Fsp3) is 1.00. The number of aliphatic hydroxyl groups excluding tert-OH is 1. The third kappa shape index (κ3) is 3.50. The lowest BCUT2D eigenvalue weighted by atomic mass is 9.74. The number of ether oxygens (including phenoxy) is 2. The summed E-state index contributed by atoms with van der Waals surface area (Å²) < 4.78 is 11.5. The van der Waals surface area contributed by atoms with E-state index in [9.17, 15) is 5.11 Å². The predicted octanol–water partition coefficient (Wildman–Crippen LogP) is 2.90. The zero-order valence-electron chi connectivity index (χ0n) is 11.9. The van der Waals surface area contributed by atoms with Crippen LogP contribution >= 0.6 is 0 Å². The summed E-state index contributed by atoms with van der Waals surface area (Å²) >= 11 is 0. The van der Waals surface area contributed by atoms with Crippen molar-refractivity contribution in [3.63, 3.8) is 0 Å². The number of rotatable bonds is 4. The van der Waals surface area contributed by atoms with Crippen LogP contribution in [0.4, 0.5) is 0 Å². The summed E-state index contributed by atoms with van der Waals surface area (Å²) in [4.78, 5) is 0. The number of hydrogen-bond acceptors (Lipinski definition) is 3. The zero-order valence-corrected chi connectivity index (χ0v) is 11.9. The van der Waals surface area contributed by atoms with E-state index < -0.39 is 0 Å². The summed E-state index contributed by atoms with van der Waals surface area (Å²) in [6.45, 7) is 1.85. The minimum atomic E-state index is -0.123. The molecule has 0 radical (unpaired) electrons. The van der Waals surface area contributed by atoms with E-state index in [2.05, 4.69) is 0 Å². The first-order chi connectivity index (χ1) is 9.33. The molecule has 4 atom stereocenters. The highest BCUT2D eigenvalue weighted by Gasteiger charge is 2.35. The van der Waals surface area contributed by atoms with Crippen LogP contribution in [0.5, 0.6) is 0 Å². The summed E-state index contributed by atoms with van der Waals surface area (Å²) in [5.41, 5.74) is 0. The molecule has 0 aromatic carbocycles. The van der Waals surface area contributed by atoms with Gasteiger partial charge in [0.2, 0.25) is 0 Å². The Kier molecular flexibility index (Phi) is 4.78. The van der Waals surface area contributed by atoms with E-state index in [4.69, 9.17) is 9.47 Å². The van der Waals surface area contributed by atoms with E-state index in [0.717, 1.165) is 26.1 Å². The Balaban J connectivity index is 1.50. The van der Waals surface area contributed by atoms with Gasteiger partial charge in [-0.25, -0.2) is 0 Å². The Morgan fingerprint density at radius 3 is 1.68 bits per heavy atom. The Morgan fingerprint density at radius 2 is 1.26 bits per heavy atom. The topological polar surface area (TPSA) is 38.7 Å². The third-order valence-corrected chi connectivity index (χ3v) is 5.30. The van der Waals surface area contributed by atoms with Crippen molar-refractivity contribution in [3.05, 3.63) is 0 Å². The van der Waals surface area contributed by atoms with Gasteiger partial charge in [-0.2, -0.15) is 0 Å². The van der Waals surface area contributed by atoms with Gasteiger partial charge in [0.25, 0.3) is 0 Å². The highest BCUT2D eigenvalue weighted by Crippen LogP contribution is 2.37. The zero-order chi connectivity index (χ0) is 13.1. The Bertz CT molecular complexity index is 243. The van der Waals surface area contributed by atoms with Crippen molar-refractivity contribution in [2.24, 2.45) is 11.8 Å². The molecule has 0 bridgehead atoms. The van der Waals surface area contributed by atoms with Gasteiger partial charge in [0.05, 0.1) is 18.3 Å². The molecule has 1 N–H and O–H groups in total. The van der Waals surface area contributed by atoms with Crippen molar-refractivity contribution in [1.29, 1.82) is 0 Å². The lowest BCUT2D eigenvalue weighted by Crippen LogP contribution is -2.37. The van der Waals surface area contributed by atoms with Crippen LogP contribution in [0.1, 0.15) is 57.8 Å². The lowest BCUT2D eigenvalue weighted by Gasteiger charge is -2.37. The molecule has 2 saturated heterocycles. The van der Waals surface area contributed by atoms with Crippen LogP contribution in [0, 0.1) is 11.8 Å². The van der Waals surface area contributed by atoms with Crippen LogP contribution in [0.3, 0.4) is 0 Å². The maximum absolute atomic E-state index is 10.6. The van der Waals surface area contributed by atoms with Crippen molar-refractivity contribution in [3.8, 4) is 0 Å². The fourth-order valence-electron chi connectivity index (χ4n) is 4.22. The first kappa shape index (κ1) is 13.8. The minimum absolute atomic E-state index is 0.123. The summed E-state index contributed by atoms with van der Waals surface area (Å²) in [5, 5.41) is 10.6. The first-order valence-electron chi connectivity index (χ1n) is 8.24. The average Bonchev–Trinajstić information content (AvgIpc) is 3.07. The van der Waals surface area contributed by atoms with Crippen LogP contribution < -0.4 is 0 Å². The second-order valence-corrected chi connectivity index (χ2v) is 6.68. The Morgan fingerprint density at radius 1 is 0.737 bits per heavy atom. The van der Waals surface area contributed by atoms with E-state index in [1.165, 1.54) is 44.9 Å². The van der Waals surface area contributed by atoms with Crippen molar-refractivity contribution >= 4 is 0 Å². The fourth-order valence-corrected chi connectivity index (χ4v) is 4.22. The van der Waals surface area contributed by atoms with Gasteiger partial charge in [-0.15, -0.1) is 0 Å². The third-order valence-electron chi connectivity index (χ3n) is 5.30. The molecule has 3 rings (SSSR count). The minimum Gasteiger partial charge on any atom is -0.393 e. The average molecular weight is 268 g/mol. The molecule has 0 aromatic heterocycles. The molecule has 3 fully saturated rings. The second-order valence-electron chi connectivity index (χ2n) is 6.68. The van der Waals surface area contributed by atoms with E-state index in [-0.39, 0.29) is 6.10 Å². The van der Waals surface area contributed by atoms with Gasteiger partial charge < -0.3 is 14.6 Å². The summed E-state index contributed by atoms with van der Waals surface area (Å²) in [5.74, 6) is 0.923. The molecule has 110 valence electrons. The normalized spacial score (nSPS) is 40.9. The largest absolute Gasteiger partial charge is 0.393 e. The molecule has 0 aromatic rings. The van der Waals surface area contributed by atoms with Gasteiger partial charge in [-0.05, 0) is 63.2 Å². The van der Waals surface area contributed by atoms with Gasteiger partial charge in [0.1, 0.15) is 0 Å². The van der Waals surface area contributed by atoms with Crippen LogP contribution in [-0.2, 0) is 9.47 Å². The van der Waals surface area contributed by atoms with Crippen molar-refractivity contribution < 1.29 is 14.6 Å². The van der Waals surface area contributed by atoms with Crippen molar-refractivity contribution in [2.45, 2.75) is 76.1 Å². The van der Waals surface area contributed by atoms with Crippen LogP contribution in [-0.4, -0.2) is 36.6 Å².